The van der Waals surface area contributed by atoms with Gasteiger partial charge in [0.25, 0.3) is 0 Å². The minimum Gasteiger partial charge on any atom is -0.480 e. The van der Waals surface area contributed by atoms with Crippen molar-refractivity contribution in [1.29, 1.82) is 0 Å². The Hall–Kier alpha value is -1.69. The Morgan fingerprint density at radius 3 is 2.57 bits per heavy atom. The van der Waals surface area contributed by atoms with Gasteiger partial charge in [0.05, 0.1) is 0 Å². The largest absolute Gasteiger partial charge is 0.480 e. The third-order valence-corrected chi connectivity index (χ3v) is 3.76. The van der Waals surface area contributed by atoms with E-state index in [1.54, 1.807) is 26.0 Å². The topological polar surface area (TPSA) is 49.8 Å². The first-order valence-electron chi connectivity index (χ1n) is 6.90. The summed E-state index contributed by atoms with van der Waals surface area (Å²) in [5.41, 5.74) is 2.19. The normalized spacial score (nSPS) is 19.2. The number of ether oxygens (including phenoxy) is 1. The molecule has 1 aliphatic rings. The van der Waals surface area contributed by atoms with Gasteiger partial charge in [0.15, 0.2) is 0 Å². The van der Waals surface area contributed by atoms with Gasteiger partial charge >= 0.3 is 12.6 Å². The molecule has 1 saturated heterocycles. The molecule has 0 aromatic heterocycles. The standard InChI is InChI=1S/C15H19F2NO3/c1-9-6-11(7-10(2)13(9)21-15(16)17)8-18-5-3-4-12(18)14(19)20/h6-7,12,15H,3-5,8H2,1-2H3,(H,19,20)/t12-/m0/s1. The molecule has 1 aliphatic heterocycles. The maximum Gasteiger partial charge on any atom is 0.387 e. The van der Waals surface area contributed by atoms with Crippen LogP contribution in [0.2, 0.25) is 0 Å². The molecule has 4 nitrogen and oxygen atoms in total. The Labute approximate surface area is 122 Å². The van der Waals surface area contributed by atoms with Crippen molar-refractivity contribution in [3.05, 3.63) is 28.8 Å². The molecule has 0 aliphatic carbocycles. The molecule has 116 valence electrons. The van der Waals surface area contributed by atoms with E-state index in [0.717, 1.165) is 18.5 Å². The molecule has 1 aromatic rings. The van der Waals surface area contributed by atoms with Gasteiger partial charge in [0, 0.05) is 6.54 Å². The van der Waals surface area contributed by atoms with Gasteiger partial charge in [-0.15, -0.1) is 0 Å². The first kappa shape index (κ1) is 15.7. The average molecular weight is 299 g/mol. The Kier molecular flexibility index (Phi) is 4.77. The molecule has 0 saturated carbocycles. The molecule has 0 unspecified atom stereocenters. The summed E-state index contributed by atoms with van der Waals surface area (Å²) in [6.45, 7) is 1.83. The van der Waals surface area contributed by atoms with Crippen LogP contribution in [0.4, 0.5) is 8.78 Å². The summed E-state index contributed by atoms with van der Waals surface area (Å²) in [5, 5.41) is 9.17. The summed E-state index contributed by atoms with van der Waals surface area (Å²) < 4.78 is 29.2. The summed E-state index contributed by atoms with van der Waals surface area (Å²) in [4.78, 5) is 13.1. The maximum atomic E-state index is 12.4. The van der Waals surface area contributed by atoms with E-state index in [-0.39, 0.29) is 5.75 Å². The minimum absolute atomic E-state index is 0.199. The van der Waals surface area contributed by atoms with Gasteiger partial charge in [-0.2, -0.15) is 8.78 Å². The molecule has 6 heteroatoms. The number of carboxylic acids is 1. The summed E-state index contributed by atoms with van der Waals surface area (Å²) in [5.74, 6) is -0.608. The monoisotopic (exact) mass is 299 g/mol. The van der Waals surface area contributed by atoms with E-state index in [2.05, 4.69) is 4.74 Å². The first-order valence-corrected chi connectivity index (χ1v) is 6.90. The van der Waals surface area contributed by atoms with Gasteiger partial charge in [0.2, 0.25) is 0 Å². The lowest BCUT2D eigenvalue weighted by molar-refractivity contribution is -0.142. The molecule has 1 N–H and O–H groups in total. The molecule has 21 heavy (non-hydrogen) atoms. The molecule has 1 fully saturated rings. The molecule has 2 rings (SSSR count). The van der Waals surface area contributed by atoms with Gasteiger partial charge in [-0.1, -0.05) is 12.1 Å². The van der Waals surface area contributed by atoms with Crippen molar-refractivity contribution in [2.75, 3.05) is 6.54 Å². The molecule has 0 radical (unpaired) electrons. The highest BCUT2D eigenvalue weighted by molar-refractivity contribution is 5.73. The summed E-state index contributed by atoms with van der Waals surface area (Å²) in [6, 6.07) is 3.10. The number of benzene rings is 1. The van der Waals surface area contributed by atoms with Gasteiger partial charge < -0.3 is 9.84 Å². The molecular formula is C15H19F2NO3. The molecular weight excluding hydrogens is 280 g/mol. The van der Waals surface area contributed by atoms with Crippen molar-refractivity contribution in [3.8, 4) is 5.75 Å². The second-order valence-electron chi connectivity index (χ2n) is 5.40. The second-order valence-corrected chi connectivity index (χ2v) is 5.40. The SMILES string of the molecule is Cc1cc(CN2CCC[C@H]2C(=O)O)cc(C)c1OC(F)F. The zero-order valence-corrected chi connectivity index (χ0v) is 12.1. The number of likely N-dealkylation sites (tertiary alicyclic amines) is 1. The lowest BCUT2D eigenvalue weighted by Gasteiger charge is -2.22. The summed E-state index contributed by atoms with van der Waals surface area (Å²) in [6.07, 6.45) is 1.52. The third kappa shape index (κ3) is 3.69. The van der Waals surface area contributed by atoms with E-state index in [4.69, 9.17) is 5.11 Å². The van der Waals surface area contributed by atoms with Crippen LogP contribution in [0, 0.1) is 13.8 Å². The van der Waals surface area contributed by atoms with Gasteiger partial charge in [-0.25, -0.2) is 0 Å². The number of nitrogens with zero attached hydrogens (tertiary/aromatic N) is 1. The molecule has 1 heterocycles. The zero-order valence-electron chi connectivity index (χ0n) is 12.1. The molecule has 1 aromatic carbocycles. The molecule has 1 atom stereocenters. The lowest BCUT2D eigenvalue weighted by Crippen LogP contribution is -2.35. The molecule has 0 bridgehead atoms. The Morgan fingerprint density at radius 1 is 1.43 bits per heavy atom. The van der Waals surface area contributed by atoms with Crippen molar-refractivity contribution >= 4 is 5.97 Å². The van der Waals surface area contributed by atoms with Gasteiger partial charge in [-0.3, -0.25) is 9.69 Å². The number of aryl methyl sites for hydroxylation is 2. The predicted octanol–water partition coefficient (Wildman–Crippen LogP) is 2.95. The Balaban J connectivity index is 2.16. The lowest BCUT2D eigenvalue weighted by atomic mass is 10.0. The van der Waals surface area contributed by atoms with Crippen LogP contribution >= 0.6 is 0 Å². The average Bonchev–Trinajstić information content (AvgIpc) is 2.82. The van der Waals surface area contributed by atoms with E-state index in [9.17, 15) is 13.6 Å². The van der Waals surface area contributed by atoms with Crippen LogP contribution in [-0.2, 0) is 11.3 Å². The van der Waals surface area contributed by atoms with Crippen LogP contribution in [0.1, 0.15) is 29.5 Å². The van der Waals surface area contributed by atoms with Gasteiger partial charge in [-0.05, 0) is 49.9 Å². The number of hydrogen-bond acceptors (Lipinski definition) is 3. The van der Waals surface area contributed by atoms with Crippen molar-refractivity contribution in [3.63, 3.8) is 0 Å². The predicted molar refractivity (Wildman–Crippen MR) is 73.6 cm³/mol. The van der Waals surface area contributed by atoms with E-state index >= 15 is 0 Å². The quantitative estimate of drug-likeness (QED) is 0.908. The number of hydrogen-bond donors (Lipinski definition) is 1. The van der Waals surface area contributed by atoms with E-state index < -0.39 is 18.6 Å². The van der Waals surface area contributed by atoms with E-state index in [0.29, 0.717) is 24.1 Å². The number of carboxylic acid groups (broad SMARTS) is 1. The van der Waals surface area contributed by atoms with E-state index in [1.165, 1.54) is 0 Å². The number of aliphatic carboxylic acids is 1. The van der Waals surface area contributed by atoms with Crippen LogP contribution in [0.25, 0.3) is 0 Å². The summed E-state index contributed by atoms with van der Waals surface area (Å²) in [7, 11) is 0. The molecule has 0 spiro atoms. The molecule has 0 amide bonds. The van der Waals surface area contributed by atoms with Crippen molar-refractivity contribution in [1.82, 2.24) is 4.90 Å². The zero-order chi connectivity index (χ0) is 15.6. The fourth-order valence-corrected chi connectivity index (χ4v) is 2.94. The fourth-order valence-electron chi connectivity index (χ4n) is 2.94. The van der Waals surface area contributed by atoms with Crippen LogP contribution in [0.15, 0.2) is 12.1 Å². The minimum atomic E-state index is -2.84. The maximum absolute atomic E-state index is 12.4. The third-order valence-electron chi connectivity index (χ3n) is 3.76. The van der Waals surface area contributed by atoms with Crippen LogP contribution in [0.5, 0.6) is 5.75 Å². The van der Waals surface area contributed by atoms with Crippen LogP contribution < -0.4 is 4.74 Å². The Morgan fingerprint density at radius 2 is 2.05 bits per heavy atom. The van der Waals surface area contributed by atoms with Crippen LogP contribution in [-0.4, -0.2) is 35.2 Å². The van der Waals surface area contributed by atoms with Crippen LogP contribution in [0.3, 0.4) is 0 Å². The fraction of sp³-hybridized carbons (Fsp3) is 0.533. The summed E-state index contributed by atoms with van der Waals surface area (Å²) >= 11 is 0. The number of rotatable bonds is 5. The highest BCUT2D eigenvalue weighted by atomic mass is 19.3. The van der Waals surface area contributed by atoms with E-state index in [1.807, 2.05) is 4.90 Å². The highest BCUT2D eigenvalue weighted by Crippen LogP contribution is 2.28. The van der Waals surface area contributed by atoms with Crippen molar-refractivity contribution in [2.24, 2.45) is 0 Å². The number of halogens is 2. The number of alkyl halides is 2. The van der Waals surface area contributed by atoms with Gasteiger partial charge in [0.1, 0.15) is 11.8 Å². The first-order chi connectivity index (χ1) is 9.88. The van der Waals surface area contributed by atoms with Crippen molar-refractivity contribution in [2.45, 2.75) is 45.9 Å². The number of carbonyl (C=O) groups is 1. The smallest absolute Gasteiger partial charge is 0.387 e. The highest BCUT2D eigenvalue weighted by Gasteiger charge is 2.30. The van der Waals surface area contributed by atoms with Crippen molar-refractivity contribution < 1.29 is 23.4 Å². The Bertz CT molecular complexity index is 511. The second kappa shape index (κ2) is 6.39.